The Morgan fingerprint density at radius 3 is 2.67 bits per heavy atom. The number of fused-ring (bicyclic) bond motifs is 1. The third kappa shape index (κ3) is 4.00. The molecular weight excluding hydrogens is 342 g/mol. The first kappa shape index (κ1) is 18.0. The SMILES string of the molecule is NCCN1CCC(Nc2nc3ccccc3n2Cc2ccc(CO)o2)CC1. The van der Waals surface area contributed by atoms with E-state index in [0.717, 1.165) is 55.2 Å². The third-order valence-electron chi connectivity index (χ3n) is 5.21. The van der Waals surface area contributed by atoms with Crippen molar-refractivity contribution < 1.29 is 9.52 Å². The molecule has 0 radical (unpaired) electrons. The van der Waals surface area contributed by atoms with Crippen molar-refractivity contribution in [3.63, 3.8) is 0 Å². The number of aliphatic hydroxyl groups excluding tert-OH is 1. The van der Waals surface area contributed by atoms with Gasteiger partial charge in [-0.2, -0.15) is 0 Å². The van der Waals surface area contributed by atoms with Gasteiger partial charge >= 0.3 is 0 Å². The minimum Gasteiger partial charge on any atom is -0.462 e. The molecule has 0 aliphatic carbocycles. The lowest BCUT2D eigenvalue weighted by Gasteiger charge is -2.32. The van der Waals surface area contributed by atoms with E-state index in [9.17, 15) is 5.11 Å². The summed E-state index contributed by atoms with van der Waals surface area (Å²) >= 11 is 0. The van der Waals surface area contributed by atoms with Gasteiger partial charge in [-0.05, 0) is 37.1 Å². The van der Waals surface area contributed by atoms with Gasteiger partial charge in [-0.15, -0.1) is 0 Å². The number of nitrogens with two attached hydrogens (primary N) is 1. The van der Waals surface area contributed by atoms with Gasteiger partial charge in [-0.3, -0.25) is 0 Å². The Morgan fingerprint density at radius 2 is 1.93 bits per heavy atom. The molecular formula is C20H27N5O2. The van der Waals surface area contributed by atoms with Crippen LogP contribution >= 0.6 is 0 Å². The summed E-state index contributed by atoms with van der Waals surface area (Å²) in [5.74, 6) is 2.26. The Hall–Kier alpha value is -2.35. The number of piperidine rings is 1. The first-order chi connectivity index (χ1) is 13.3. The van der Waals surface area contributed by atoms with Crippen LogP contribution in [0.2, 0.25) is 0 Å². The van der Waals surface area contributed by atoms with Crippen molar-refractivity contribution in [2.24, 2.45) is 5.73 Å². The molecule has 27 heavy (non-hydrogen) atoms. The highest BCUT2D eigenvalue weighted by Crippen LogP contribution is 2.24. The zero-order valence-corrected chi connectivity index (χ0v) is 15.5. The largest absolute Gasteiger partial charge is 0.462 e. The number of rotatable bonds is 7. The molecule has 4 N–H and O–H groups in total. The van der Waals surface area contributed by atoms with E-state index in [1.807, 2.05) is 30.3 Å². The number of imidazole rings is 1. The molecule has 1 fully saturated rings. The zero-order chi connectivity index (χ0) is 18.6. The second-order valence-electron chi connectivity index (χ2n) is 7.09. The number of benzene rings is 1. The summed E-state index contributed by atoms with van der Waals surface area (Å²) in [6, 6.07) is 12.3. The Balaban J connectivity index is 1.55. The normalized spacial score (nSPS) is 16.2. The van der Waals surface area contributed by atoms with Gasteiger partial charge in [0.25, 0.3) is 0 Å². The van der Waals surface area contributed by atoms with Crippen molar-refractivity contribution in [1.82, 2.24) is 14.5 Å². The molecule has 0 saturated carbocycles. The monoisotopic (exact) mass is 369 g/mol. The van der Waals surface area contributed by atoms with E-state index in [2.05, 4.69) is 20.9 Å². The Morgan fingerprint density at radius 1 is 1.15 bits per heavy atom. The van der Waals surface area contributed by atoms with Crippen LogP contribution < -0.4 is 11.1 Å². The fraction of sp³-hybridized carbons (Fsp3) is 0.450. The lowest BCUT2D eigenvalue weighted by Crippen LogP contribution is -2.41. The van der Waals surface area contributed by atoms with Gasteiger partial charge in [0.15, 0.2) is 0 Å². The van der Waals surface area contributed by atoms with E-state index in [0.29, 0.717) is 24.9 Å². The number of nitrogens with zero attached hydrogens (tertiary/aromatic N) is 3. The van der Waals surface area contributed by atoms with Crippen LogP contribution in [0, 0.1) is 0 Å². The highest BCUT2D eigenvalue weighted by molar-refractivity contribution is 5.78. The summed E-state index contributed by atoms with van der Waals surface area (Å²) in [7, 11) is 0. The van der Waals surface area contributed by atoms with E-state index in [1.54, 1.807) is 0 Å². The minimum atomic E-state index is -0.0862. The maximum Gasteiger partial charge on any atom is 0.204 e. The summed E-state index contributed by atoms with van der Waals surface area (Å²) in [6.07, 6.45) is 2.16. The zero-order valence-electron chi connectivity index (χ0n) is 15.5. The van der Waals surface area contributed by atoms with Crippen molar-refractivity contribution in [2.75, 3.05) is 31.5 Å². The molecule has 144 valence electrons. The van der Waals surface area contributed by atoms with Gasteiger partial charge in [0.05, 0.1) is 17.6 Å². The van der Waals surface area contributed by atoms with Crippen molar-refractivity contribution >= 4 is 17.0 Å². The number of anilines is 1. The predicted octanol–water partition coefficient (Wildman–Crippen LogP) is 2.00. The lowest BCUT2D eigenvalue weighted by molar-refractivity contribution is 0.224. The molecule has 0 amide bonds. The summed E-state index contributed by atoms with van der Waals surface area (Å²) in [5.41, 5.74) is 7.71. The molecule has 1 saturated heterocycles. The van der Waals surface area contributed by atoms with Gasteiger partial charge < -0.3 is 30.0 Å². The summed E-state index contributed by atoms with van der Waals surface area (Å²) in [5, 5.41) is 12.9. The topological polar surface area (TPSA) is 92.5 Å². The van der Waals surface area contributed by atoms with E-state index in [-0.39, 0.29) is 6.61 Å². The summed E-state index contributed by atoms with van der Waals surface area (Å²) < 4.78 is 7.85. The van der Waals surface area contributed by atoms with Gasteiger partial charge in [0, 0.05) is 32.2 Å². The lowest BCUT2D eigenvalue weighted by atomic mass is 10.1. The number of hydrogen-bond donors (Lipinski definition) is 3. The number of nitrogens with one attached hydrogen (secondary N) is 1. The highest BCUT2D eigenvalue weighted by Gasteiger charge is 2.21. The fourth-order valence-electron chi connectivity index (χ4n) is 3.76. The first-order valence-corrected chi connectivity index (χ1v) is 9.59. The molecule has 1 aromatic carbocycles. The second kappa shape index (κ2) is 8.12. The van der Waals surface area contributed by atoms with Gasteiger partial charge in [0.1, 0.15) is 18.1 Å². The molecule has 0 bridgehead atoms. The minimum absolute atomic E-state index is 0.0862. The van der Waals surface area contributed by atoms with E-state index < -0.39 is 0 Å². The number of likely N-dealkylation sites (tertiary alicyclic amines) is 1. The average molecular weight is 369 g/mol. The maximum absolute atomic E-state index is 9.24. The molecule has 3 heterocycles. The molecule has 7 nitrogen and oxygen atoms in total. The molecule has 0 atom stereocenters. The maximum atomic E-state index is 9.24. The molecule has 2 aromatic heterocycles. The van der Waals surface area contributed by atoms with Gasteiger partial charge in [0.2, 0.25) is 5.95 Å². The molecule has 3 aromatic rings. The second-order valence-corrected chi connectivity index (χ2v) is 7.09. The summed E-state index contributed by atoms with van der Waals surface area (Å²) in [4.78, 5) is 7.23. The van der Waals surface area contributed by atoms with Crippen LogP contribution in [0.5, 0.6) is 0 Å². The van der Waals surface area contributed by atoms with E-state index in [4.69, 9.17) is 15.1 Å². The third-order valence-corrected chi connectivity index (χ3v) is 5.21. The summed E-state index contributed by atoms with van der Waals surface area (Å²) in [6.45, 7) is 4.30. The smallest absolute Gasteiger partial charge is 0.204 e. The Labute approximate surface area is 158 Å². The van der Waals surface area contributed by atoms with Crippen LogP contribution in [-0.4, -0.2) is 51.8 Å². The van der Waals surface area contributed by atoms with Crippen molar-refractivity contribution in [2.45, 2.75) is 32.0 Å². The number of hydrogen-bond acceptors (Lipinski definition) is 6. The quantitative estimate of drug-likeness (QED) is 0.590. The van der Waals surface area contributed by atoms with Crippen LogP contribution in [-0.2, 0) is 13.2 Å². The molecule has 1 aliphatic rings. The van der Waals surface area contributed by atoms with Crippen LogP contribution in [0.1, 0.15) is 24.4 Å². The van der Waals surface area contributed by atoms with E-state index in [1.165, 1.54) is 0 Å². The fourth-order valence-corrected chi connectivity index (χ4v) is 3.76. The van der Waals surface area contributed by atoms with Gasteiger partial charge in [-0.25, -0.2) is 4.98 Å². The van der Waals surface area contributed by atoms with Crippen molar-refractivity contribution in [3.05, 3.63) is 47.9 Å². The van der Waals surface area contributed by atoms with Crippen LogP contribution in [0.4, 0.5) is 5.95 Å². The van der Waals surface area contributed by atoms with Crippen LogP contribution in [0.3, 0.4) is 0 Å². The number of furan rings is 1. The van der Waals surface area contributed by atoms with Crippen molar-refractivity contribution in [3.8, 4) is 0 Å². The number of aliphatic hydroxyl groups is 1. The van der Waals surface area contributed by atoms with Crippen LogP contribution in [0.25, 0.3) is 11.0 Å². The van der Waals surface area contributed by atoms with E-state index >= 15 is 0 Å². The average Bonchev–Trinajstić information content (AvgIpc) is 3.29. The number of aromatic nitrogens is 2. The predicted molar refractivity (Wildman–Crippen MR) is 106 cm³/mol. The Kier molecular flexibility index (Phi) is 5.42. The van der Waals surface area contributed by atoms with Gasteiger partial charge in [-0.1, -0.05) is 12.1 Å². The Bertz CT molecular complexity index is 880. The first-order valence-electron chi connectivity index (χ1n) is 9.59. The molecule has 1 aliphatic heterocycles. The standard InChI is InChI=1S/C20H27N5O2/c21-9-12-24-10-7-15(8-11-24)22-20-23-18-3-1-2-4-19(18)25(20)13-16-5-6-17(14-26)27-16/h1-6,15,26H,7-14,21H2,(H,22,23). The molecule has 0 unspecified atom stereocenters. The molecule has 7 heteroatoms. The number of para-hydroxylation sites is 2. The van der Waals surface area contributed by atoms with Crippen molar-refractivity contribution in [1.29, 1.82) is 0 Å². The molecule has 0 spiro atoms. The highest BCUT2D eigenvalue weighted by atomic mass is 16.4. The molecule has 4 rings (SSSR count). The van der Waals surface area contributed by atoms with Crippen LogP contribution in [0.15, 0.2) is 40.8 Å².